The molecule has 0 aliphatic rings. The molecule has 0 aromatic carbocycles. The van der Waals surface area contributed by atoms with Crippen LogP contribution in [-0.4, -0.2) is 26.6 Å². The Morgan fingerprint density at radius 1 is 1.42 bits per heavy atom. The third kappa shape index (κ3) is 8.00. The van der Waals surface area contributed by atoms with Crippen molar-refractivity contribution in [1.29, 1.82) is 0 Å². The van der Waals surface area contributed by atoms with Crippen LogP contribution in [0.3, 0.4) is 0 Å². The molecule has 0 atom stereocenters. The molecule has 0 aromatic rings. The number of hydrogen-bond donors (Lipinski definition) is 2. The molecule has 12 heavy (non-hydrogen) atoms. The lowest BCUT2D eigenvalue weighted by atomic mass is 10.1. The Bertz CT molecular complexity index is 130. The number of Topliss-reactive ketones (excluding diaryl/α,β-unsaturated/α-hetero) is 1. The summed E-state index contributed by atoms with van der Waals surface area (Å²) in [5.74, 6) is 0.808. The first kappa shape index (κ1) is 11.9. The Morgan fingerprint density at radius 2 is 2.08 bits per heavy atom. The fraction of sp³-hybridized carbons (Fsp3) is 0.857. The van der Waals surface area contributed by atoms with E-state index < -0.39 is 0 Å². The van der Waals surface area contributed by atoms with Crippen LogP contribution in [0.5, 0.6) is 0 Å². The molecule has 0 bridgehead atoms. The molecule has 2 N–H and O–H groups in total. The first-order valence-electron chi connectivity index (χ1n) is 3.99. The third-order valence-electron chi connectivity index (χ3n) is 1.34. The summed E-state index contributed by atoms with van der Waals surface area (Å²) in [6.07, 6.45) is 2.75. The van der Waals surface area contributed by atoms with Crippen LogP contribution < -0.4 is 0 Å². The third-order valence-corrected chi connectivity index (χ3v) is 2.04. The zero-order chi connectivity index (χ0) is 9.40. The highest BCUT2D eigenvalue weighted by molar-refractivity contribution is 7.96. The van der Waals surface area contributed by atoms with Crippen molar-refractivity contribution in [1.82, 2.24) is 4.63 Å². The lowest BCUT2D eigenvalue weighted by molar-refractivity contribution is -0.216. The summed E-state index contributed by atoms with van der Waals surface area (Å²) >= 11 is 0.884. The van der Waals surface area contributed by atoms with Gasteiger partial charge in [-0.3, -0.25) is 15.2 Å². The van der Waals surface area contributed by atoms with Crippen LogP contribution in [0.15, 0.2) is 0 Å². The van der Waals surface area contributed by atoms with Gasteiger partial charge < -0.3 is 0 Å². The van der Waals surface area contributed by atoms with E-state index in [4.69, 9.17) is 10.4 Å². The summed E-state index contributed by atoms with van der Waals surface area (Å²) in [5.41, 5.74) is 0. The summed E-state index contributed by atoms with van der Waals surface area (Å²) in [6, 6.07) is 0. The topological polar surface area (TPSA) is 60.8 Å². The van der Waals surface area contributed by atoms with Gasteiger partial charge in [-0.05, 0) is 29.4 Å². The molecule has 0 fully saturated rings. The highest BCUT2D eigenvalue weighted by Gasteiger charge is 2.00. The molecule has 0 aliphatic carbocycles. The number of ketones is 1. The largest absolute Gasteiger partial charge is 0.300 e. The average molecular weight is 193 g/mol. The molecule has 72 valence electrons. The highest BCUT2D eigenvalue weighted by atomic mass is 32.2. The molecule has 0 radical (unpaired) electrons. The molecule has 0 saturated heterocycles. The van der Waals surface area contributed by atoms with Crippen LogP contribution in [0.25, 0.3) is 0 Å². The predicted octanol–water partition coefficient (Wildman–Crippen LogP) is 1.86. The minimum absolute atomic E-state index is 0.0737. The van der Waals surface area contributed by atoms with Gasteiger partial charge in [0.25, 0.3) is 0 Å². The van der Waals surface area contributed by atoms with Gasteiger partial charge >= 0.3 is 0 Å². The van der Waals surface area contributed by atoms with Crippen molar-refractivity contribution in [2.75, 3.05) is 5.75 Å². The Labute approximate surface area is 76.6 Å². The molecule has 4 nitrogen and oxygen atoms in total. The normalized spacial score (nSPS) is 10.7. The van der Waals surface area contributed by atoms with Crippen molar-refractivity contribution in [2.45, 2.75) is 32.6 Å². The zero-order valence-electron chi connectivity index (χ0n) is 7.19. The molecular formula is C7H15NO3S. The number of carbonyl (C=O) groups excluding carboxylic acids is 1. The summed E-state index contributed by atoms with van der Waals surface area (Å²) < 4.78 is 0.0737. The van der Waals surface area contributed by atoms with E-state index in [1.54, 1.807) is 0 Å². The second-order valence-electron chi connectivity index (χ2n) is 2.48. The molecule has 0 saturated carbocycles. The Kier molecular flexibility index (Phi) is 7.48. The number of nitrogens with zero attached hydrogens (tertiary/aromatic N) is 1. The smallest absolute Gasteiger partial charge is 0.132 e. The SMILES string of the molecule is CCCC(=O)CCCSN(O)O. The predicted molar refractivity (Wildman–Crippen MR) is 47.0 cm³/mol. The fourth-order valence-corrected chi connectivity index (χ4v) is 1.26. The van der Waals surface area contributed by atoms with Gasteiger partial charge in [-0.15, -0.1) is 0 Å². The highest BCUT2D eigenvalue weighted by Crippen LogP contribution is 2.07. The van der Waals surface area contributed by atoms with Crippen LogP contribution in [0.4, 0.5) is 0 Å². The van der Waals surface area contributed by atoms with E-state index in [0.717, 1.165) is 18.4 Å². The summed E-state index contributed by atoms with van der Waals surface area (Å²) in [5, 5.41) is 16.6. The van der Waals surface area contributed by atoms with E-state index in [1.807, 2.05) is 6.92 Å². The van der Waals surface area contributed by atoms with Crippen molar-refractivity contribution in [2.24, 2.45) is 0 Å². The van der Waals surface area contributed by atoms with E-state index in [9.17, 15) is 4.79 Å². The van der Waals surface area contributed by atoms with Gasteiger partial charge in [-0.25, -0.2) is 0 Å². The molecule has 0 amide bonds. The van der Waals surface area contributed by atoms with Crippen molar-refractivity contribution in [3.8, 4) is 0 Å². The van der Waals surface area contributed by atoms with Gasteiger partial charge in [0.15, 0.2) is 0 Å². The number of rotatable bonds is 7. The molecule has 5 heteroatoms. The van der Waals surface area contributed by atoms with E-state index in [0.29, 0.717) is 25.0 Å². The van der Waals surface area contributed by atoms with Gasteiger partial charge in [-0.1, -0.05) is 6.92 Å². The number of hydrogen-bond acceptors (Lipinski definition) is 5. The standard InChI is InChI=1S/C7H15NO3S/c1-2-4-7(9)5-3-6-12-8(10)11/h10-11H,2-6H2,1H3. The van der Waals surface area contributed by atoms with Crippen molar-refractivity contribution in [3.05, 3.63) is 0 Å². The second kappa shape index (κ2) is 7.54. The van der Waals surface area contributed by atoms with Gasteiger partial charge in [0.05, 0.1) is 0 Å². The van der Waals surface area contributed by atoms with E-state index >= 15 is 0 Å². The van der Waals surface area contributed by atoms with E-state index in [2.05, 4.69) is 0 Å². The zero-order valence-corrected chi connectivity index (χ0v) is 8.01. The minimum Gasteiger partial charge on any atom is -0.300 e. The van der Waals surface area contributed by atoms with Gasteiger partial charge in [0.1, 0.15) is 5.78 Å². The van der Waals surface area contributed by atoms with E-state index in [-0.39, 0.29) is 10.4 Å². The maximum Gasteiger partial charge on any atom is 0.132 e. The van der Waals surface area contributed by atoms with Crippen LogP contribution >= 0.6 is 11.9 Å². The van der Waals surface area contributed by atoms with Crippen LogP contribution in [0, 0.1) is 0 Å². The molecule has 0 spiro atoms. The van der Waals surface area contributed by atoms with Crippen molar-refractivity contribution in [3.63, 3.8) is 0 Å². The van der Waals surface area contributed by atoms with Crippen LogP contribution in [-0.2, 0) is 4.79 Å². The van der Waals surface area contributed by atoms with Gasteiger partial charge in [0.2, 0.25) is 0 Å². The molecule has 0 heterocycles. The summed E-state index contributed by atoms with van der Waals surface area (Å²) in [4.78, 5) is 10.9. The van der Waals surface area contributed by atoms with Gasteiger partial charge in [0, 0.05) is 18.6 Å². The Morgan fingerprint density at radius 3 is 2.58 bits per heavy atom. The molecule has 0 aromatic heterocycles. The second-order valence-corrected chi connectivity index (χ2v) is 3.47. The molecular weight excluding hydrogens is 178 g/mol. The maximum atomic E-state index is 10.9. The maximum absolute atomic E-state index is 10.9. The summed E-state index contributed by atoms with van der Waals surface area (Å²) in [6.45, 7) is 1.97. The summed E-state index contributed by atoms with van der Waals surface area (Å²) in [7, 11) is 0. The fourth-order valence-electron chi connectivity index (χ4n) is 0.819. The lowest BCUT2D eigenvalue weighted by Gasteiger charge is -2.03. The first-order chi connectivity index (χ1) is 5.66. The monoisotopic (exact) mass is 193 g/mol. The van der Waals surface area contributed by atoms with Crippen molar-refractivity contribution >= 4 is 17.7 Å². The van der Waals surface area contributed by atoms with Crippen molar-refractivity contribution < 1.29 is 15.2 Å². The van der Waals surface area contributed by atoms with E-state index in [1.165, 1.54) is 0 Å². The number of carbonyl (C=O) groups is 1. The first-order valence-corrected chi connectivity index (χ1v) is 4.93. The minimum atomic E-state index is 0.0737. The Balaban J connectivity index is 3.14. The average Bonchev–Trinajstić information content (AvgIpc) is 1.98. The van der Waals surface area contributed by atoms with Gasteiger partial charge in [-0.2, -0.15) is 0 Å². The van der Waals surface area contributed by atoms with Crippen LogP contribution in [0.1, 0.15) is 32.6 Å². The molecule has 0 unspecified atom stereocenters. The van der Waals surface area contributed by atoms with Crippen LogP contribution in [0.2, 0.25) is 0 Å². The molecule has 0 aliphatic heterocycles. The molecule has 0 rings (SSSR count). The Hall–Kier alpha value is -0.100. The lowest BCUT2D eigenvalue weighted by Crippen LogP contribution is -2.04. The quantitative estimate of drug-likeness (QED) is 0.367.